The highest BCUT2D eigenvalue weighted by molar-refractivity contribution is 5.94. The molecule has 1 amide bonds. The van der Waals surface area contributed by atoms with Gasteiger partial charge in [0.25, 0.3) is 11.5 Å². The number of carbonyl (C=O) groups excluding carboxylic acids is 1. The van der Waals surface area contributed by atoms with Crippen molar-refractivity contribution in [1.29, 1.82) is 0 Å². The van der Waals surface area contributed by atoms with Crippen molar-refractivity contribution in [2.24, 2.45) is 0 Å². The number of benzene rings is 2. The Hall–Kier alpha value is -3.88. The maximum atomic E-state index is 13.6. The number of likely N-dealkylation sites (tertiary alicyclic amines) is 1. The van der Waals surface area contributed by atoms with Crippen LogP contribution in [0.2, 0.25) is 0 Å². The molecule has 2 aromatic carbocycles. The molecule has 0 radical (unpaired) electrons. The van der Waals surface area contributed by atoms with Crippen molar-refractivity contribution in [2.45, 2.75) is 19.3 Å². The lowest BCUT2D eigenvalue weighted by Gasteiger charge is -2.26. The highest BCUT2D eigenvalue weighted by Gasteiger charge is 2.18. The van der Waals surface area contributed by atoms with E-state index in [1.165, 1.54) is 10.7 Å². The van der Waals surface area contributed by atoms with E-state index < -0.39 is 17.2 Å². The Morgan fingerprint density at radius 1 is 0.969 bits per heavy atom. The first-order chi connectivity index (χ1) is 15.5. The number of nitrogens with one attached hydrogen (secondary N) is 1. The van der Waals surface area contributed by atoms with Crippen LogP contribution in [0.15, 0.2) is 53.5 Å². The van der Waals surface area contributed by atoms with Crippen LogP contribution in [0.3, 0.4) is 0 Å². The summed E-state index contributed by atoms with van der Waals surface area (Å²) in [5, 5.41) is 8.46. The van der Waals surface area contributed by atoms with E-state index in [4.69, 9.17) is 0 Å². The molecular weight excluding hydrogens is 416 g/mol. The van der Waals surface area contributed by atoms with Gasteiger partial charge in [0.1, 0.15) is 5.69 Å². The van der Waals surface area contributed by atoms with Gasteiger partial charge in [-0.15, -0.1) is 5.10 Å². The summed E-state index contributed by atoms with van der Waals surface area (Å²) in [6.07, 6.45) is 4.78. The first-order valence-corrected chi connectivity index (χ1v) is 10.3. The summed E-state index contributed by atoms with van der Waals surface area (Å²) >= 11 is 0. The molecule has 1 aliphatic rings. The van der Waals surface area contributed by atoms with Gasteiger partial charge in [-0.25, -0.2) is 13.5 Å². The number of halogens is 2. The van der Waals surface area contributed by atoms with Crippen molar-refractivity contribution in [3.05, 3.63) is 76.2 Å². The summed E-state index contributed by atoms with van der Waals surface area (Å²) in [4.78, 5) is 29.5. The van der Waals surface area contributed by atoms with Crippen molar-refractivity contribution in [3.8, 4) is 16.9 Å². The maximum Gasteiger partial charge on any atom is 0.258 e. The molecule has 0 bridgehead atoms. The van der Waals surface area contributed by atoms with Crippen LogP contribution in [0.25, 0.3) is 27.8 Å². The number of carbonyl (C=O) groups is 1. The van der Waals surface area contributed by atoms with Crippen molar-refractivity contribution in [1.82, 2.24) is 24.9 Å². The summed E-state index contributed by atoms with van der Waals surface area (Å²) in [5.74, 6) is -2.02. The van der Waals surface area contributed by atoms with Crippen LogP contribution in [0.5, 0.6) is 0 Å². The standard InChI is InChI=1S/C23H19F2N5O2/c24-18-11-15-10-17(22(31)26-20(15)12-19(18)25)21-13-30(28-27-21)16-6-4-14(5-7-16)23(32)29-8-2-1-3-9-29/h4-7,10-13H,1-3,8-9H2,(H,26,31). The maximum absolute atomic E-state index is 13.6. The normalized spacial score (nSPS) is 14.1. The number of hydrogen-bond acceptors (Lipinski definition) is 4. The molecule has 0 aliphatic carbocycles. The number of nitrogens with zero attached hydrogens (tertiary/aromatic N) is 4. The van der Waals surface area contributed by atoms with E-state index in [2.05, 4.69) is 15.3 Å². The number of fused-ring (bicyclic) bond motifs is 1. The van der Waals surface area contributed by atoms with Gasteiger partial charge < -0.3 is 9.88 Å². The fourth-order valence-corrected chi connectivity index (χ4v) is 3.94. The van der Waals surface area contributed by atoms with Crippen LogP contribution >= 0.6 is 0 Å². The van der Waals surface area contributed by atoms with E-state index in [1.807, 2.05) is 4.90 Å². The van der Waals surface area contributed by atoms with Crippen molar-refractivity contribution < 1.29 is 13.6 Å². The lowest BCUT2D eigenvalue weighted by atomic mass is 10.1. The van der Waals surface area contributed by atoms with Gasteiger partial charge in [-0.3, -0.25) is 9.59 Å². The number of H-pyrrole nitrogens is 1. The molecule has 9 heteroatoms. The Labute approximate surface area is 181 Å². The highest BCUT2D eigenvalue weighted by atomic mass is 19.2. The quantitative estimate of drug-likeness (QED) is 0.532. The second-order valence-electron chi connectivity index (χ2n) is 7.81. The monoisotopic (exact) mass is 435 g/mol. The second kappa shape index (κ2) is 7.99. The summed E-state index contributed by atoms with van der Waals surface area (Å²) in [6, 6.07) is 10.4. The van der Waals surface area contributed by atoms with Crippen LogP contribution in [-0.4, -0.2) is 43.9 Å². The minimum absolute atomic E-state index is 0.0156. The van der Waals surface area contributed by atoms with E-state index in [0.717, 1.165) is 44.5 Å². The number of pyridine rings is 1. The lowest BCUT2D eigenvalue weighted by Crippen LogP contribution is -2.35. The number of hydrogen-bond donors (Lipinski definition) is 1. The Morgan fingerprint density at radius 3 is 2.44 bits per heavy atom. The van der Waals surface area contributed by atoms with Crippen LogP contribution in [0.1, 0.15) is 29.6 Å². The minimum atomic E-state index is -1.03. The summed E-state index contributed by atoms with van der Waals surface area (Å²) in [7, 11) is 0. The zero-order chi connectivity index (χ0) is 22.2. The molecular formula is C23H19F2N5O2. The molecule has 2 aromatic heterocycles. The van der Waals surface area contributed by atoms with Gasteiger partial charge in [0, 0.05) is 30.1 Å². The van der Waals surface area contributed by atoms with Crippen molar-refractivity contribution >= 4 is 16.8 Å². The number of piperidine rings is 1. The predicted octanol–water partition coefficient (Wildman–Crippen LogP) is 3.68. The summed E-state index contributed by atoms with van der Waals surface area (Å²) < 4.78 is 28.5. The fourth-order valence-electron chi connectivity index (χ4n) is 3.94. The smallest absolute Gasteiger partial charge is 0.258 e. The molecule has 0 atom stereocenters. The number of aromatic amines is 1. The fraction of sp³-hybridized carbons (Fsp3) is 0.217. The lowest BCUT2D eigenvalue weighted by molar-refractivity contribution is 0.0724. The van der Waals surface area contributed by atoms with Gasteiger partial charge in [0.2, 0.25) is 0 Å². The molecule has 32 heavy (non-hydrogen) atoms. The SMILES string of the molecule is O=C(c1ccc(-n2cc(-c3cc4cc(F)c(F)cc4[nH]c3=O)nn2)cc1)N1CCCCC1. The topological polar surface area (TPSA) is 83.9 Å². The molecule has 7 nitrogen and oxygen atoms in total. The molecule has 1 aliphatic heterocycles. The largest absolute Gasteiger partial charge is 0.339 e. The Balaban J connectivity index is 1.42. The van der Waals surface area contributed by atoms with Crippen molar-refractivity contribution in [3.63, 3.8) is 0 Å². The Morgan fingerprint density at radius 2 is 1.69 bits per heavy atom. The van der Waals surface area contributed by atoms with E-state index in [9.17, 15) is 18.4 Å². The van der Waals surface area contributed by atoms with Crippen LogP contribution < -0.4 is 5.56 Å². The van der Waals surface area contributed by atoms with E-state index in [0.29, 0.717) is 16.6 Å². The summed E-state index contributed by atoms with van der Waals surface area (Å²) in [6.45, 7) is 1.56. The van der Waals surface area contributed by atoms with Crippen molar-refractivity contribution in [2.75, 3.05) is 13.1 Å². The van der Waals surface area contributed by atoms with Crippen LogP contribution in [-0.2, 0) is 0 Å². The van der Waals surface area contributed by atoms with Gasteiger partial charge in [-0.1, -0.05) is 5.21 Å². The third-order valence-electron chi connectivity index (χ3n) is 5.68. The van der Waals surface area contributed by atoms with Gasteiger partial charge in [0.05, 0.1) is 23.0 Å². The molecule has 0 unspecified atom stereocenters. The van der Waals surface area contributed by atoms with Gasteiger partial charge in [-0.05, 0) is 55.7 Å². The molecule has 162 valence electrons. The molecule has 1 fully saturated rings. The molecule has 0 spiro atoms. The predicted molar refractivity (Wildman–Crippen MR) is 115 cm³/mol. The third-order valence-corrected chi connectivity index (χ3v) is 5.68. The minimum Gasteiger partial charge on any atom is -0.339 e. The average Bonchev–Trinajstić information content (AvgIpc) is 3.30. The van der Waals surface area contributed by atoms with Gasteiger partial charge >= 0.3 is 0 Å². The number of amides is 1. The zero-order valence-corrected chi connectivity index (χ0v) is 17.0. The summed E-state index contributed by atoms with van der Waals surface area (Å²) in [5.41, 5.74) is 1.45. The molecule has 0 saturated carbocycles. The second-order valence-corrected chi connectivity index (χ2v) is 7.81. The number of rotatable bonds is 3. The van der Waals surface area contributed by atoms with Gasteiger partial charge in [-0.2, -0.15) is 0 Å². The average molecular weight is 435 g/mol. The highest BCUT2D eigenvalue weighted by Crippen LogP contribution is 2.21. The molecule has 5 rings (SSSR count). The Bertz CT molecular complexity index is 1370. The number of aromatic nitrogens is 4. The molecule has 1 N–H and O–H groups in total. The third kappa shape index (κ3) is 3.66. The first kappa shape index (κ1) is 20.0. The first-order valence-electron chi connectivity index (χ1n) is 10.3. The van der Waals surface area contributed by atoms with Gasteiger partial charge in [0.15, 0.2) is 11.6 Å². The van der Waals surface area contributed by atoms with Crippen LogP contribution in [0.4, 0.5) is 8.78 Å². The van der Waals surface area contributed by atoms with E-state index in [1.54, 1.807) is 30.5 Å². The van der Waals surface area contributed by atoms with Crippen LogP contribution in [0, 0.1) is 11.6 Å². The van der Waals surface area contributed by atoms with E-state index in [-0.39, 0.29) is 22.7 Å². The van der Waals surface area contributed by atoms with E-state index >= 15 is 0 Å². The molecule has 3 heterocycles. The Kier molecular flexibility index (Phi) is 5.01. The zero-order valence-electron chi connectivity index (χ0n) is 17.0. The molecule has 4 aromatic rings. The molecule has 1 saturated heterocycles.